The molecule has 1 atom stereocenters. The van der Waals surface area contributed by atoms with Gasteiger partial charge >= 0.3 is 0 Å². The predicted octanol–water partition coefficient (Wildman–Crippen LogP) is 3.97. The van der Waals surface area contributed by atoms with E-state index in [0.717, 1.165) is 34.9 Å². The fourth-order valence-corrected chi connectivity index (χ4v) is 2.25. The number of ether oxygens (including phenoxy) is 2. The van der Waals surface area contributed by atoms with Gasteiger partial charge in [0, 0.05) is 5.69 Å². The van der Waals surface area contributed by atoms with E-state index < -0.39 is 0 Å². The van der Waals surface area contributed by atoms with Crippen LogP contribution in [0.1, 0.15) is 30.6 Å². The molecule has 0 aliphatic carbocycles. The predicted molar refractivity (Wildman–Crippen MR) is 85.2 cm³/mol. The van der Waals surface area contributed by atoms with E-state index in [1.165, 1.54) is 0 Å². The molecule has 2 rings (SSSR count). The van der Waals surface area contributed by atoms with Crippen molar-refractivity contribution < 1.29 is 9.47 Å². The van der Waals surface area contributed by atoms with Crippen molar-refractivity contribution in [3.8, 4) is 11.5 Å². The van der Waals surface area contributed by atoms with E-state index >= 15 is 0 Å². The van der Waals surface area contributed by atoms with Crippen LogP contribution in [0.25, 0.3) is 0 Å². The molecule has 112 valence electrons. The number of hydrogen-bond donors (Lipinski definition) is 1. The number of aryl methyl sites for hydroxylation is 1. The van der Waals surface area contributed by atoms with E-state index in [0.29, 0.717) is 0 Å². The number of anilines is 1. The normalized spacial score (nSPS) is 11.8. The van der Waals surface area contributed by atoms with Gasteiger partial charge in [-0.3, -0.25) is 4.98 Å². The van der Waals surface area contributed by atoms with Crippen LogP contribution in [0.5, 0.6) is 11.5 Å². The molecule has 0 saturated heterocycles. The molecule has 0 aliphatic rings. The van der Waals surface area contributed by atoms with Gasteiger partial charge in [0.1, 0.15) is 0 Å². The first-order chi connectivity index (χ1) is 10.2. The molecule has 21 heavy (non-hydrogen) atoms. The number of aromatic nitrogens is 1. The summed E-state index contributed by atoms with van der Waals surface area (Å²) in [4.78, 5) is 4.31. The molecular weight excluding hydrogens is 264 g/mol. The smallest absolute Gasteiger partial charge is 0.161 e. The third-order valence-corrected chi connectivity index (χ3v) is 3.47. The zero-order valence-corrected chi connectivity index (χ0v) is 13.0. The number of pyridine rings is 1. The molecule has 1 aromatic carbocycles. The van der Waals surface area contributed by atoms with E-state index in [9.17, 15) is 0 Å². The van der Waals surface area contributed by atoms with Gasteiger partial charge in [-0.2, -0.15) is 0 Å². The number of nitrogens with zero attached hydrogens (tertiary/aromatic N) is 1. The largest absolute Gasteiger partial charge is 0.493 e. The second-order valence-electron chi connectivity index (χ2n) is 4.91. The van der Waals surface area contributed by atoms with Gasteiger partial charge in [-0.1, -0.05) is 13.0 Å². The second kappa shape index (κ2) is 6.97. The maximum atomic E-state index is 5.37. The van der Waals surface area contributed by atoms with Crippen LogP contribution in [-0.2, 0) is 0 Å². The van der Waals surface area contributed by atoms with Gasteiger partial charge in [0.15, 0.2) is 11.5 Å². The lowest BCUT2D eigenvalue weighted by Gasteiger charge is -2.20. The molecule has 0 aliphatic heterocycles. The van der Waals surface area contributed by atoms with Crippen LogP contribution in [0.2, 0.25) is 0 Å². The zero-order valence-electron chi connectivity index (χ0n) is 13.0. The summed E-state index contributed by atoms with van der Waals surface area (Å²) in [6.45, 7) is 4.13. The van der Waals surface area contributed by atoms with E-state index in [1.54, 1.807) is 14.2 Å². The number of benzene rings is 1. The summed E-state index contributed by atoms with van der Waals surface area (Å²) in [5, 5.41) is 3.50. The van der Waals surface area contributed by atoms with Gasteiger partial charge in [-0.25, -0.2) is 0 Å². The molecule has 1 aromatic heterocycles. The highest BCUT2D eigenvalue weighted by Crippen LogP contribution is 2.32. The number of hydrogen-bond acceptors (Lipinski definition) is 4. The fraction of sp³-hybridized carbons (Fsp3) is 0.353. The Labute approximate surface area is 126 Å². The van der Waals surface area contributed by atoms with Crippen molar-refractivity contribution >= 4 is 5.69 Å². The molecule has 0 radical (unpaired) electrons. The van der Waals surface area contributed by atoms with Crippen molar-refractivity contribution in [3.63, 3.8) is 0 Å². The van der Waals surface area contributed by atoms with Gasteiger partial charge < -0.3 is 14.8 Å². The Morgan fingerprint density at radius 1 is 1.10 bits per heavy atom. The Kier molecular flexibility index (Phi) is 5.04. The lowest BCUT2D eigenvalue weighted by atomic mass is 10.0. The van der Waals surface area contributed by atoms with Crippen molar-refractivity contribution in [3.05, 3.63) is 47.8 Å². The van der Waals surface area contributed by atoms with E-state index in [2.05, 4.69) is 23.3 Å². The van der Waals surface area contributed by atoms with Crippen molar-refractivity contribution in [1.82, 2.24) is 4.98 Å². The highest BCUT2D eigenvalue weighted by Gasteiger charge is 2.13. The summed E-state index contributed by atoms with van der Waals surface area (Å²) >= 11 is 0. The van der Waals surface area contributed by atoms with E-state index in [4.69, 9.17) is 9.47 Å². The van der Waals surface area contributed by atoms with Crippen LogP contribution in [-0.4, -0.2) is 19.2 Å². The maximum Gasteiger partial charge on any atom is 0.161 e. The highest BCUT2D eigenvalue weighted by molar-refractivity contribution is 5.48. The first-order valence-electron chi connectivity index (χ1n) is 7.09. The summed E-state index contributed by atoms with van der Waals surface area (Å²) in [5.74, 6) is 1.49. The minimum absolute atomic E-state index is 0.203. The van der Waals surface area contributed by atoms with Crippen molar-refractivity contribution in [2.45, 2.75) is 26.3 Å². The van der Waals surface area contributed by atoms with Gasteiger partial charge in [-0.05, 0) is 43.2 Å². The Morgan fingerprint density at radius 3 is 2.43 bits per heavy atom. The summed E-state index contributed by atoms with van der Waals surface area (Å²) in [6, 6.07) is 10.3. The molecule has 0 saturated carbocycles. The second-order valence-corrected chi connectivity index (χ2v) is 4.91. The Hall–Kier alpha value is -2.23. The van der Waals surface area contributed by atoms with Crippen molar-refractivity contribution in [2.75, 3.05) is 19.5 Å². The van der Waals surface area contributed by atoms with Gasteiger partial charge in [0.05, 0.1) is 32.1 Å². The molecule has 1 N–H and O–H groups in total. The van der Waals surface area contributed by atoms with E-state index in [-0.39, 0.29) is 6.04 Å². The Balaban J connectivity index is 2.22. The maximum absolute atomic E-state index is 5.37. The average Bonchev–Trinajstić information content (AvgIpc) is 2.53. The Morgan fingerprint density at radius 2 is 1.86 bits per heavy atom. The summed E-state index contributed by atoms with van der Waals surface area (Å²) < 4.78 is 10.7. The molecule has 4 heteroatoms. The monoisotopic (exact) mass is 286 g/mol. The third kappa shape index (κ3) is 3.66. The first kappa shape index (κ1) is 15.2. The van der Waals surface area contributed by atoms with Crippen molar-refractivity contribution in [2.24, 2.45) is 0 Å². The molecule has 1 heterocycles. The molecule has 2 aromatic rings. The zero-order chi connectivity index (χ0) is 15.2. The van der Waals surface area contributed by atoms with Gasteiger partial charge in [0.2, 0.25) is 0 Å². The topological polar surface area (TPSA) is 43.4 Å². The molecule has 0 spiro atoms. The quantitative estimate of drug-likeness (QED) is 0.872. The minimum atomic E-state index is 0.203. The lowest BCUT2D eigenvalue weighted by Crippen LogP contribution is -2.10. The van der Waals surface area contributed by atoms with Crippen molar-refractivity contribution in [1.29, 1.82) is 0 Å². The molecular formula is C17H22N2O2. The van der Waals surface area contributed by atoms with Gasteiger partial charge in [-0.15, -0.1) is 0 Å². The van der Waals surface area contributed by atoms with Crippen LogP contribution in [0, 0.1) is 6.92 Å². The molecule has 0 amide bonds. The molecule has 0 fully saturated rings. The molecule has 4 nitrogen and oxygen atoms in total. The van der Waals surface area contributed by atoms with E-state index in [1.807, 2.05) is 37.4 Å². The van der Waals surface area contributed by atoms with Crippen LogP contribution in [0.15, 0.2) is 36.5 Å². The van der Waals surface area contributed by atoms with Gasteiger partial charge in [0.25, 0.3) is 0 Å². The van der Waals surface area contributed by atoms with Crippen LogP contribution in [0.3, 0.4) is 0 Å². The number of nitrogens with one attached hydrogen (secondary N) is 1. The standard InChI is InChI=1S/C17H22N2O2/c1-5-15(19-14-8-6-12(2)18-11-14)13-7-9-16(20-3)17(10-13)21-4/h6-11,15,19H,5H2,1-4H3. The first-order valence-corrected chi connectivity index (χ1v) is 7.09. The van der Waals surface area contributed by atoms with Crippen LogP contribution in [0.4, 0.5) is 5.69 Å². The Bertz CT molecular complexity index is 582. The third-order valence-electron chi connectivity index (χ3n) is 3.47. The minimum Gasteiger partial charge on any atom is -0.493 e. The summed E-state index contributed by atoms with van der Waals surface area (Å²) in [5.41, 5.74) is 3.19. The fourth-order valence-electron chi connectivity index (χ4n) is 2.25. The number of methoxy groups -OCH3 is 2. The average molecular weight is 286 g/mol. The lowest BCUT2D eigenvalue weighted by molar-refractivity contribution is 0.354. The van der Waals surface area contributed by atoms with Crippen LogP contribution >= 0.6 is 0 Å². The summed E-state index contributed by atoms with van der Waals surface area (Å²) in [6.07, 6.45) is 2.82. The highest BCUT2D eigenvalue weighted by atomic mass is 16.5. The molecule has 0 bridgehead atoms. The molecule has 1 unspecified atom stereocenters. The SMILES string of the molecule is CCC(Nc1ccc(C)nc1)c1ccc(OC)c(OC)c1. The summed E-state index contributed by atoms with van der Waals surface area (Å²) in [7, 11) is 3.30. The van der Waals surface area contributed by atoms with Crippen LogP contribution < -0.4 is 14.8 Å². The number of rotatable bonds is 6.